The fraction of sp³-hybridized carbons (Fsp3) is 0.733. The molecule has 0 aliphatic rings. The Hall–Kier alpha value is -0.830. The first kappa shape index (κ1) is 21.2. The van der Waals surface area contributed by atoms with Crippen LogP contribution in [0.15, 0.2) is 15.6 Å². The van der Waals surface area contributed by atoms with Gasteiger partial charge >= 0.3 is 0 Å². The highest BCUT2D eigenvalue weighted by Crippen LogP contribution is 2.22. The number of oxazole rings is 1. The Morgan fingerprint density at radius 1 is 1.36 bits per heavy atom. The first-order valence-electron chi connectivity index (χ1n) is 7.43. The highest BCUT2D eigenvalue weighted by molar-refractivity contribution is 14.0. The average Bonchev–Trinajstić information content (AvgIpc) is 2.89. The monoisotopic (exact) mass is 424 g/mol. The first-order chi connectivity index (χ1) is 9.97. The molecule has 0 unspecified atom stereocenters. The fourth-order valence-corrected chi connectivity index (χ4v) is 1.64. The van der Waals surface area contributed by atoms with E-state index in [1.807, 2.05) is 6.92 Å². The molecule has 0 aliphatic carbocycles. The third kappa shape index (κ3) is 7.98. The molecular formula is C15H29IN4O2. The summed E-state index contributed by atoms with van der Waals surface area (Å²) in [7, 11) is 1.70. The SMILES string of the molecule is CCNC(=NCc1ncc(C(C)(C)C)o1)NCCCOC.I. The molecule has 0 saturated carbocycles. The zero-order chi connectivity index (χ0) is 15.7. The molecule has 0 radical (unpaired) electrons. The summed E-state index contributed by atoms with van der Waals surface area (Å²) in [5, 5.41) is 6.45. The van der Waals surface area contributed by atoms with E-state index in [0.717, 1.165) is 37.8 Å². The maximum Gasteiger partial charge on any atom is 0.216 e. The van der Waals surface area contributed by atoms with Gasteiger partial charge in [-0.1, -0.05) is 20.8 Å². The molecule has 0 spiro atoms. The van der Waals surface area contributed by atoms with Gasteiger partial charge in [-0.05, 0) is 13.3 Å². The Kier molecular flexibility index (Phi) is 10.4. The van der Waals surface area contributed by atoms with Gasteiger partial charge in [0.1, 0.15) is 12.3 Å². The molecular weight excluding hydrogens is 395 g/mol. The molecule has 1 heterocycles. The molecule has 1 rings (SSSR count). The number of ether oxygens (including phenoxy) is 1. The molecule has 128 valence electrons. The van der Waals surface area contributed by atoms with Gasteiger partial charge in [-0.25, -0.2) is 9.98 Å². The van der Waals surface area contributed by atoms with Gasteiger partial charge in [-0.3, -0.25) is 0 Å². The van der Waals surface area contributed by atoms with E-state index in [1.54, 1.807) is 13.3 Å². The highest BCUT2D eigenvalue weighted by Gasteiger charge is 2.18. The lowest BCUT2D eigenvalue weighted by Gasteiger charge is -2.13. The predicted octanol–water partition coefficient (Wildman–Crippen LogP) is 2.68. The van der Waals surface area contributed by atoms with E-state index in [0.29, 0.717) is 12.4 Å². The number of hydrogen-bond donors (Lipinski definition) is 2. The van der Waals surface area contributed by atoms with Gasteiger partial charge < -0.3 is 19.8 Å². The second-order valence-corrected chi connectivity index (χ2v) is 5.84. The maximum atomic E-state index is 5.73. The third-order valence-corrected chi connectivity index (χ3v) is 2.83. The molecule has 1 aromatic rings. The van der Waals surface area contributed by atoms with Crippen molar-refractivity contribution in [2.75, 3.05) is 26.8 Å². The number of nitrogens with one attached hydrogen (secondary N) is 2. The van der Waals surface area contributed by atoms with Crippen molar-refractivity contribution in [2.24, 2.45) is 4.99 Å². The van der Waals surface area contributed by atoms with Crippen molar-refractivity contribution in [1.29, 1.82) is 0 Å². The Labute approximate surface area is 150 Å². The number of hydrogen-bond acceptors (Lipinski definition) is 4. The zero-order valence-electron chi connectivity index (χ0n) is 14.2. The van der Waals surface area contributed by atoms with Crippen LogP contribution in [0.1, 0.15) is 45.8 Å². The number of halogens is 1. The van der Waals surface area contributed by atoms with Crippen LogP contribution < -0.4 is 10.6 Å². The van der Waals surface area contributed by atoms with Crippen LogP contribution in [0.5, 0.6) is 0 Å². The number of aliphatic imine (C=N–C) groups is 1. The van der Waals surface area contributed by atoms with Crippen LogP contribution in [0, 0.1) is 0 Å². The fourth-order valence-electron chi connectivity index (χ4n) is 1.64. The van der Waals surface area contributed by atoms with E-state index in [1.165, 1.54) is 0 Å². The van der Waals surface area contributed by atoms with E-state index in [9.17, 15) is 0 Å². The van der Waals surface area contributed by atoms with E-state index in [2.05, 4.69) is 41.4 Å². The summed E-state index contributed by atoms with van der Waals surface area (Å²) in [5.74, 6) is 2.28. The smallest absolute Gasteiger partial charge is 0.216 e. The van der Waals surface area contributed by atoms with Gasteiger partial charge in [-0.2, -0.15) is 0 Å². The molecule has 0 fully saturated rings. The van der Waals surface area contributed by atoms with Gasteiger partial charge in [0.25, 0.3) is 0 Å². The van der Waals surface area contributed by atoms with E-state index < -0.39 is 0 Å². The van der Waals surface area contributed by atoms with Crippen LogP contribution in [-0.4, -0.2) is 37.7 Å². The standard InChI is InChI=1S/C15H28N4O2.HI/c1-6-16-14(17-8-7-9-20-5)19-11-13-18-10-12(21-13)15(2,3)4;/h10H,6-9,11H2,1-5H3,(H2,16,17,19);1H. The van der Waals surface area contributed by atoms with Gasteiger partial charge in [0.15, 0.2) is 5.96 Å². The van der Waals surface area contributed by atoms with Crippen LogP contribution >= 0.6 is 24.0 Å². The Morgan fingerprint density at radius 2 is 2.09 bits per heavy atom. The Bertz CT molecular complexity index is 441. The molecule has 0 aliphatic heterocycles. The van der Waals surface area contributed by atoms with Crippen LogP contribution in [0.3, 0.4) is 0 Å². The number of aromatic nitrogens is 1. The minimum absolute atomic E-state index is 0. The van der Waals surface area contributed by atoms with Gasteiger partial charge in [0, 0.05) is 32.2 Å². The quantitative estimate of drug-likeness (QED) is 0.305. The molecule has 0 atom stereocenters. The lowest BCUT2D eigenvalue weighted by molar-refractivity contribution is 0.195. The van der Waals surface area contributed by atoms with Crippen molar-refractivity contribution in [1.82, 2.24) is 15.6 Å². The largest absolute Gasteiger partial charge is 0.443 e. The molecule has 7 heteroatoms. The topological polar surface area (TPSA) is 71.7 Å². The maximum absolute atomic E-state index is 5.73. The molecule has 0 saturated heterocycles. The summed E-state index contributed by atoms with van der Waals surface area (Å²) in [5.41, 5.74) is -0.0299. The first-order valence-corrected chi connectivity index (χ1v) is 7.43. The van der Waals surface area contributed by atoms with E-state index in [4.69, 9.17) is 9.15 Å². The van der Waals surface area contributed by atoms with Crippen molar-refractivity contribution in [3.05, 3.63) is 17.8 Å². The van der Waals surface area contributed by atoms with Gasteiger partial charge in [-0.15, -0.1) is 24.0 Å². The summed E-state index contributed by atoms with van der Waals surface area (Å²) in [6.45, 7) is 11.1. The molecule has 0 aromatic carbocycles. The van der Waals surface area contributed by atoms with Crippen LogP contribution in [0.4, 0.5) is 0 Å². The lowest BCUT2D eigenvalue weighted by Crippen LogP contribution is -2.38. The molecule has 0 bridgehead atoms. The summed E-state index contributed by atoms with van der Waals surface area (Å²) >= 11 is 0. The molecule has 2 N–H and O–H groups in total. The minimum Gasteiger partial charge on any atom is -0.443 e. The van der Waals surface area contributed by atoms with Crippen molar-refractivity contribution < 1.29 is 9.15 Å². The second kappa shape index (κ2) is 10.8. The molecule has 6 nitrogen and oxygen atoms in total. The Morgan fingerprint density at radius 3 is 2.64 bits per heavy atom. The lowest BCUT2D eigenvalue weighted by atomic mass is 9.94. The predicted molar refractivity (Wildman–Crippen MR) is 99.9 cm³/mol. The number of methoxy groups -OCH3 is 1. The van der Waals surface area contributed by atoms with Crippen molar-refractivity contribution in [2.45, 2.75) is 46.1 Å². The van der Waals surface area contributed by atoms with E-state index in [-0.39, 0.29) is 29.4 Å². The van der Waals surface area contributed by atoms with E-state index >= 15 is 0 Å². The summed E-state index contributed by atoms with van der Waals surface area (Å²) in [6, 6.07) is 0. The van der Waals surface area contributed by atoms with Crippen molar-refractivity contribution >= 4 is 29.9 Å². The normalized spacial score (nSPS) is 12.0. The molecule has 0 amide bonds. The van der Waals surface area contributed by atoms with Gasteiger partial charge in [0.2, 0.25) is 5.89 Å². The summed E-state index contributed by atoms with van der Waals surface area (Å²) in [4.78, 5) is 8.75. The van der Waals surface area contributed by atoms with Crippen molar-refractivity contribution in [3.63, 3.8) is 0 Å². The number of nitrogens with zero attached hydrogens (tertiary/aromatic N) is 2. The Balaban J connectivity index is 0.00000441. The number of rotatable bonds is 7. The third-order valence-electron chi connectivity index (χ3n) is 2.83. The second-order valence-electron chi connectivity index (χ2n) is 5.84. The highest BCUT2D eigenvalue weighted by atomic mass is 127. The van der Waals surface area contributed by atoms with Gasteiger partial charge in [0.05, 0.1) is 6.20 Å². The van der Waals surface area contributed by atoms with Crippen LogP contribution in [0.25, 0.3) is 0 Å². The van der Waals surface area contributed by atoms with Crippen molar-refractivity contribution in [3.8, 4) is 0 Å². The summed E-state index contributed by atoms with van der Waals surface area (Å²) < 4.78 is 10.7. The molecule has 1 aromatic heterocycles. The average molecular weight is 424 g/mol. The number of guanidine groups is 1. The summed E-state index contributed by atoms with van der Waals surface area (Å²) in [6.07, 6.45) is 2.72. The van der Waals surface area contributed by atoms with Crippen LogP contribution in [-0.2, 0) is 16.7 Å². The zero-order valence-corrected chi connectivity index (χ0v) is 16.6. The molecule has 22 heavy (non-hydrogen) atoms. The van der Waals surface area contributed by atoms with Crippen LogP contribution in [0.2, 0.25) is 0 Å². The minimum atomic E-state index is -0.0299.